The van der Waals surface area contributed by atoms with Crippen molar-refractivity contribution in [1.29, 1.82) is 0 Å². The van der Waals surface area contributed by atoms with Crippen LogP contribution in [0.1, 0.15) is 26.2 Å². The van der Waals surface area contributed by atoms with E-state index in [2.05, 4.69) is 19.2 Å². The van der Waals surface area contributed by atoms with Crippen LogP contribution in [0.3, 0.4) is 0 Å². The minimum Gasteiger partial charge on any atom is -0.396 e. The largest absolute Gasteiger partial charge is 0.396 e. The third-order valence-corrected chi connectivity index (χ3v) is 3.02. The maximum atomic E-state index is 9.19. The van der Waals surface area contributed by atoms with Crippen molar-refractivity contribution in [3.8, 4) is 0 Å². The molecule has 0 aromatic rings. The van der Waals surface area contributed by atoms with E-state index in [0.717, 1.165) is 0 Å². The van der Waals surface area contributed by atoms with Gasteiger partial charge in [-0.05, 0) is 30.3 Å². The Kier molecular flexibility index (Phi) is 3.58. The van der Waals surface area contributed by atoms with Crippen LogP contribution < -0.4 is 0 Å². The van der Waals surface area contributed by atoms with Gasteiger partial charge in [0.15, 0.2) is 0 Å². The molecule has 1 saturated carbocycles. The highest BCUT2D eigenvalue weighted by molar-refractivity contribution is 4.92. The first-order valence-electron chi connectivity index (χ1n) is 4.76. The molecule has 1 nitrogen and oxygen atoms in total. The summed E-state index contributed by atoms with van der Waals surface area (Å²) < 4.78 is 0. The van der Waals surface area contributed by atoms with E-state index in [4.69, 9.17) is 0 Å². The smallest absolute Gasteiger partial charge is 0.0467 e. The van der Waals surface area contributed by atoms with Crippen LogP contribution in [-0.2, 0) is 0 Å². The van der Waals surface area contributed by atoms with Crippen LogP contribution in [0.4, 0.5) is 0 Å². The molecule has 0 saturated heterocycles. The predicted molar refractivity (Wildman–Crippen MR) is 50.8 cm³/mol. The monoisotopic (exact) mass is 166 g/mol. The number of aliphatic hydroxyl groups is 1. The highest BCUT2D eigenvalue weighted by Gasteiger charge is 2.28. The highest BCUT2D eigenvalue weighted by atomic mass is 16.3. The summed E-state index contributed by atoms with van der Waals surface area (Å²) in [7, 11) is 0. The molecule has 1 aliphatic rings. The van der Waals surface area contributed by atoms with Crippen LogP contribution in [0, 0.1) is 17.8 Å². The van der Waals surface area contributed by atoms with Crippen molar-refractivity contribution in [2.45, 2.75) is 26.2 Å². The predicted octanol–water partition coefficient (Wildman–Crippen LogP) is 2.37. The summed E-state index contributed by atoms with van der Waals surface area (Å²) in [5, 5.41) is 9.19. The molecule has 0 aliphatic heterocycles. The molecule has 0 amide bonds. The maximum Gasteiger partial charge on any atom is 0.0467 e. The van der Waals surface area contributed by atoms with Gasteiger partial charge in [-0.25, -0.2) is 0 Å². The zero-order valence-corrected chi connectivity index (χ0v) is 7.79. The lowest BCUT2D eigenvalue weighted by Crippen LogP contribution is -2.28. The van der Waals surface area contributed by atoms with Gasteiger partial charge in [0.1, 0.15) is 0 Å². The van der Waals surface area contributed by atoms with Gasteiger partial charge in [-0.1, -0.05) is 26.3 Å². The lowest BCUT2D eigenvalue weighted by Gasteiger charge is -2.33. The summed E-state index contributed by atoms with van der Waals surface area (Å²) in [6, 6.07) is 0. The van der Waals surface area contributed by atoms with Crippen molar-refractivity contribution in [3.05, 3.63) is 18.4 Å². The maximum absolute atomic E-state index is 9.19. The average molecular weight is 166 g/mol. The molecule has 0 radical (unpaired) electrons. The van der Waals surface area contributed by atoms with Crippen LogP contribution in [0.15, 0.2) is 18.4 Å². The van der Waals surface area contributed by atoms with E-state index in [1.165, 1.54) is 19.3 Å². The van der Waals surface area contributed by atoms with Crippen LogP contribution in [-0.4, -0.2) is 11.7 Å². The quantitative estimate of drug-likeness (QED) is 0.624. The Hall–Kier alpha value is -0.520. The second-order valence-corrected chi connectivity index (χ2v) is 3.79. The van der Waals surface area contributed by atoms with Crippen molar-refractivity contribution in [2.75, 3.05) is 6.61 Å². The molecule has 3 atom stereocenters. The molecule has 1 rings (SSSR count). The van der Waals surface area contributed by atoms with E-state index >= 15 is 0 Å². The highest BCUT2D eigenvalue weighted by Crippen LogP contribution is 2.34. The minimum atomic E-state index is 0.310. The summed E-state index contributed by atoms with van der Waals surface area (Å²) in [6.45, 7) is 6.12. The fraction of sp³-hybridized carbons (Fsp3) is 0.727. The van der Waals surface area contributed by atoms with E-state index in [1.54, 1.807) is 0 Å². The van der Waals surface area contributed by atoms with Gasteiger partial charge in [-0.15, -0.1) is 5.73 Å². The molecular weight excluding hydrogens is 148 g/mol. The molecule has 0 heterocycles. The Morgan fingerprint density at radius 2 is 2.33 bits per heavy atom. The molecule has 12 heavy (non-hydrogen) atoms. The Balaban J connectivity index is 2.63. The van der Waals surface area contributed by atoms with Crippen molar-refractivity contribution in [2.24, 2.45) is 17.8 Å². The Morgan fingerprint density at radius 3 is 2.92 bits per heavy atom. The molecule has 1 N–H and O–H groups in total. The van der Waals surface area contributed by atoms with Gasteiger partial charge < -0.3 is 5.11 Å². The molecule has 3 unspecified atom stereocenters. The van der Waals surface area contributed by atoms with Crippen molar-refractivity contribution in [1.82, 2.24) is 0 Å². The molecule has 68 valence electrons. The second kappa shape index (κ2) is 4.49. The fourth-order valence-corrected chi connectivity index (χ4v) is 2.20. The summed E-state index contributed by atoms with van der Waals surface area (Å²) >= 11 is 0. The lowest BCUT2D eigenvalue weighted by atomic mass is 9.73. The van der Waals surface area contributed by atoms with E-state index in [-0.39, 0.29) is 0 Å². The number of hydrogen-bond donors (Lipinski definition) is 1. The van der Waals surface area contributed by atoms with Gasteiger partial charge >= 0.3 is 0 Å². The molecule has 0 bridgehead atoms. The van der Waals surface area contributed by atoms with E-state index in [0.29, 0.717) is 24.4 Å². The summed E-state index contributed by atoms with van der Waals surface area (Å²) in [6.07, 6.45) is 5.75. The van der Waals surface area contributed by atoms with Crippen molar-refractivity contribution in [3.63, 3.8) is 0 Å². The first kappa shape index (κ1) is 9.57. The third kappa shape index (κ3) is 2.00. The average Bonchev–Trinajstić information content (AvgIpc) is 2.05. The topological polar surface area (TPSA) is 20.2 Å². The minimum absolute atomic E-state index is 0.310. The summed E-state index contributed by atoms with van der Waals surface area (Å²) in [4.78, 5) is 0. The number of allylic oxidation sites excluding steroid dienone is 1. The molecule has 1 aliphatic carbocycles. The van der Waals surface area contributed by atoms with Gasteiger partial charge in [-0.2, -0.15) is 0 Å². The Morgan fingerprint density at radius 1 is 1.58 bits per heavy atom. The van der Waals surface area contributed by atoms with Gasteiger partial charge in [0.2, 0.25) is 0 Å². The first-order chi connectivity index (χ1) is 5.79. The van der Waals surface area contributed by atoms with Crippen LogP contribution in [0.25, 0.3) is 0 Å². The van der Waals surface area contributed by atoms with Crippen molar-refractivity contribution < 1.29 is 5.11 Å². The zero-order valence-electron chi connectivity index (χ0n) is 7.79. The molecule has 0 aromatic heterocycles. The Bertz CT molecular complexity index is 179. The van der Waals surface area contributed by atoms with E-state index in [1.807, 2.05) is 6.08 Å². The van der Waals surface area contributed by atoms with Crippen molar-refractivity contribution >= 4 is 0 Å². The first-order valence-corrected chi connectivity index (χ1v) is 4.76. The molecule has 1 heteroatoms. The number of aliphatic hydroxyl groups excluding tert-OH is 1. The molecular formula is C11H18O. The fourth-order valence-electron chi connectivity index (χ4n) is 2.20. The van der Waals surface area contributed by atoms with E-state index < -0.39 is 0 Å². The standard InChI is InChI=1S/C11H18O/c1-3-5-10-7-4-6-9(2)11(10)8-12/h5,9-12H,1,4,6-8H2,2H3. The van der Waals surface area contributed by atoms with Crippen LogP contribution in [0.5, 0.6) is 0 Å². The molecule has 0 spiro atoms. The summed E-state index contributed by atoms with van der Waals surface area (Å²) in [5.74, 6) is 1.60. The Labute approximate surface area is 74.8 Å². The summed E-state index contributed by atoms with van der Waals surface area (Å²) in [5.41, 5.74) is 2.84. The van der Waals surface area contributed by atoms with Gasteiger partial charge in [-0.3, -0.25) is 0 Å². The molecule has 0 aromatic carbocycles. The number of rotatable bonds is 2. The van der Waals surface area contributed by atoms with Gasteiger partial charge in [0, 0.05) is 6.61 Å². The SMILES string of the molecule is C=C=CC1CCCC(C)C1CO. The zero-order chi connectivity index (χ0) is 8.97. The number of hydrogen-bond acceptors (Lipinski definition) is 1. The van der Waals surface area contributed by atoms with E-state index in [9.17, 15) is 5.11 Å². The van der Waals surface area contributed by atoms with Gasteiger partial charge in [0.25, 0.3) is 0 Å². The second-order valence-electron chi connectivity index (χ2n) is 3.79. The lowest BCUT2D eigenvalue weighted by molar-refractivity contribution is 0.111. The van der Waals surface area contributed by atoms with Gasteiger partial charge in [0.05, 0.1) is 0 Å². The third-order valence-electron chi connectivity index (χ3n) is 3.02. The van der Waals surface area contributed by atoms with Crippen LogP contribution in [0.2, 0.25) is 0 Å². The normalized spacial score (nSPS) is 35.7. The van der Waals surface area contributed by atoms with Crippen LogP contribution >= 0.6 is 0 Å². The molecule has 1 fully saturated rings.